The minimum atomic E-state index is -1.40. The second-order valence-electron chi connectivity index (χ2n) is 11.5. The van der Waals surface area contributed by atoms with Gasteiger partial charge in [-0.25, -0.2) is 4.39 Å². The van der Waals surface area contributed by atoms with Gasteiger partial charge >= 0.3 is 0 Å². The molecule has 0 radical (unpaired) electrons. The molecule has 2 aliphatic rings. The van der Waals surface area contributed by atoms with Gasteiger partial charge in [-0.1, -0.05) is 49.8 Å². The Balaban J connectivity index is 1.72. The van der Waals surface area contributed by atoms with Crippen LogP contribution in [-0.4, -0.2) is 55.0 Å². The average Bonchev–Trinajstić information content (AvgIpc) is 2.88. The van der Waals surface area contributed by atoms with E-state index in [4.69, 9.17) is 0 Å². The first kappa shape index (κ1) is 29.6. The molecule has 1 saturated heterocycles. The molecule has 2 fully saturated rings. The number of carbonyl (C=O) groups excluding carboxylic acids is 2. The number of rotatable bonds is 12. The molecule has 0 aromatic heterocycles. The van der Waals surface area contributed by atoms with Crippen molar-refractivity contribution in [3.05, 3.63) is 35.1 Å². The molecule has 1 saturated carbocycles. The Morgan fingerprint density at radius 3 is 2.65 bits per heavy atom. The summed E-state index contributed by atoms with van der Waals surface area (Å²) < 4.78 is 15.1. The lowest BCUT2D eigenvalue weighted by Gasteiger charge is -2.43. The number of likely N-dealkylation sites (tertiary alicyclic amines) is 1. The first-order valence-corrected chi connectivity index (χ1v) is 14.4. The van der Waals surface area contributed by atoms with Gasteiger partial charge in [0.15, 0.2) is 0 Å². The number of nitrogens with zero attached hydrogens (tertiary/aromatic N) is 1. The van der Waals surface area contributed by atoms with Crippen LogP contribution < -0.4 is 10.6 Å². The number of hydrogen-bond donors (Lipinski definition) is 3. The van der Waals surface area contributed by atoms with Crippen LogP contribution in [0.3, 0.4) is 0 Å². The second kappa shape index (κ2) is 14.2. The predicted octanol–water partition coefficient (Wildman–Crippen LogP) is 4.67. The van der Waals surface area contributed by atoms with Crippen molar-refractivity contribution in [2.75, 3.05) is 33.2 Å². The topological polar surface area (TPSA) is 81.7 Å². The molecule has 0 spiro atoms. The molecule has 208 valence electrons. The van der Waals surface area contributed by atoms with Crippen molar-refractivity contribution in [2.24, 2.45) is 17.8 Å². The van der Waals surface area contributed by atoms with Gasteiger partial charge in [0.25, 0.3) is 0 Å². The van der Waals surface area contributed by atoms with Crippen LogP contribution in [0.1, 0.15) is 88.7 Å². The molecular formula is C30H48FN3O3. The van der Waals surface area contributed by atoms with Crippen LogP contribution in [0.25, 0.3) is 0 Å². The first-order chi connectivity index (χ1) is 17.7. The Morgan fingerprint density at radius 1 is 1.19 bits per heavy atom. The lowest BCUT2D eigenvalue weighted by atomic mass is 9.73. The van der Waals surface area contributed by atoms with Crippen molar-refractivity contribution in [1.29, 1.82) is 0 Å². The Bertz CT molecular complexity index is 889. The van der Waals surface area contributed by atoms with Crippen molar-refractivity contribution >= 4 is 11.8 Å². The summed E-state index contributed by atoms with van der Waals surface area (Å²) in [6.45, 7) is 5.73. The Hall–Kier alpha value is -1.99. The Morgan fingerprint density at radius 2 is 1.95 bits per heavy atom. The highest BCUT2D eigenvalue weighted by Gasteiger charge is 2.43. The Labute approximate surface area is 222 Å². The fourth-order valence-electron chi connectivity index (χ4n) is 6.54. The predicted molar refractivity (Wildman–Crippen MR) is 145 cm³/mol. The monoisotopic (exact) mass is 517 g/mol. The fourth-order valence-corrected chi connectivity index (χ4v) is 6.54. The molecule has 7 heteroatoms. The molecule has 1 aliphatic heterocycles. The van der Waals surface area contributed by atoms with Crippen molar-refractivity contribution < 1.29 is 19.1 Å². The van der Waals surface area contributed by atoms with E-state index in [1.165, 1.54) is 45.1 Å². The van der Waals surface area contributed by atoms with Gasteiger partial charge in [0, 0.05) is 44.5 Å². The maximum Gasteiger partial charge on any atom is 0.222 e. The molecule has 6 nitrogen and oxygen atoms in total. The molecule has 1 aromatic carbocycles. The van der Waals surface area contributed by atoms with E-state index < -0.39 is 11.4 Å². The molecule has 1 heterocycles. The van der Waals surface area contributed by atoms with Crippen LogP contribution in [0.4, 0.5) is 4.39 Å². The number of benzene rings is 1. The van der Waals surface area contributed by atoms with Gasteiger partial charge in [0.2, 0.25) is 11.8 Å². The number of halogens is 1. The van der Waals surface area contributed by atoms with Gasteiger partial charge in [0.1, 0.15) is 5.82 Å². The number of aliphatic hydroxyl groups is 1. The molecule has 2 amide bonds. The van der Waals surface area contributed by atoms with E-state index in [1.807, 2.05) is 18.9 Å². The molecule has 3 rings (SSSR count). The molecule has 37 heavy (non-hydrogen) atoms. The zero-order chi connectivity index (χ0) is 26.8. The summed E-state index contributed by atoms with van der Waals surface area (Å²) in [5.41, 5.74) is -0.210. The highest BCUT2D eigenvalue weighted by molar-refractivity contribution is 5.76. The average molecular weight is 518 g/mol. The molecule has 1 aliphatic carbocycles. The van der Waals surface area contributed by atoms with Crippen LogP contribution in [0, 0.1) is 30.5 Å². The van der Waals surface area contributed by atoms with Crippen molar-refractivity contribution in [1.82, 2.24) is 15.5 Å². The molecule has 1 aromatic rings. The zero-order valence-corrected chi connectivity index (χ0v) is 23.2. The van der Waals surface area contributed by atoms with Crippen LogP contribution >= 0.6 is 0 Å². The maximum atomic E-state index is 15.1. The van der Waals surface area contributed by atoms with Crippen molar-refractivity contribution in [2.45, 2.75) is 90.1 Å². The van der Waals surface area contributed by atoms with Crippen LogP contribution in [0.5, 0.6) is 0 Å². The summed E-state index contributed by atoms with van der Waals surface area (Å²) in [7, 11) is 1.95. The van der Waals surface area contributed by atoms with E-state index in [1.54, 1.807) is 12.1 Å². The van der Waals surface area contributed by atoms with Crippen LogP contribution in [0.15, 0.2) is 18.2 Å². The maximum absolute atomic E-state index is 15.1. The minimum absolute atomic E-state index is 0.121. The first-order valence-electron chi connectivity index (χ1n) is 14.4. The van der Waals surface area contributed by atoms with Gasteiger partial charge in [-0.2, -0.15) is 0 Å². The highest BCUT2D eigenvalue weighted by Crippen LogP contribution is 2.41. The van der Waals surface area contributed by atoms with Gasteiger partial charge in [0.05, 0.1) is 5.60 Å². The van der Waals surface area contributed by atoms with E-state index in [2.05, 4.69) is 10.6 Å². The number of hydrogen-bond acceptors (Lipinski definition) is 4. The number of aryl methyl sites for hydroxylation is 1. The molecule has 3 N–H and O–H groups in total. The number of piperidine rings is 1. The minimum Gasteiger partial charge on any atom is -0.385 e. The standard InChI is InChI=1S/C30H48FN3O3/c1-22-12-13-28(31)27(17-22)30(37,14-8-15-33-23(2)35)26-11-7-16-34(21-26)29(36)19-25(20-32-3)18-24-9-5-4-6-10-24/h12-13,17,24-26,32,37H,4-11,14-16,18-21H2,1-3H3,(H,33,35)/t25-,26-,30+/m1/s1. The SMILES string of the molecule is CNC[C@@H](CC(=O)N1CCC[C@@H]([C@@](O)(CCCNC(C)=O)c2cc(C)ccc2F)C1)CC1CCCCC1. The molecule has 3 atom stereocenters. The fraction of sp³-hybridized carbons (Fsp3) is 0.733. The van der Waals surface area contributed by atoms with Crippen molar-refractivity contribution in [3.63, 3.8) is 0 Å². The number of amides is 2. The molecule has 0 unspecified atom stereocenters. The lowest BCUT2D eigenvalue weighted by Crippen LogP contribution is -2.49. The van der Waals surface area contributed by atoms with Gasteiger partial charge < -0.3 is 20.6 Å². The zero-order valence-electron chi connectivity index (χ0n) is 23.2. The third-order valence-electron chi connectivity index (χ3n) is 8.49. The molecule has 0 bridgehead atoms. The smallest absolute Gasteiger partial charge is 0.222 e. The van der Waals surface area contributed by atoms with Gasteiger partial charge in [-0.05, 0) is 70.5 Å². The van der Waals surface area contributed by atoms with Crippen LogP contribution in [0.2, 0.25) is 0 Å². The third kappa shape index (κ3) is 8.51. The third-order valence-corrected chi connectivity index (χ3v) is 8.49. The number of nitrogens with one attached hydrogen (secondary N) is 2. The summed E-state index contributed by atoms with van der Waals surface area (Å²) in [5.74, 6) is 0.367. The van der Waals surface area contributed by atoms with E-state index >= 15 is 4.39 Å². The summed E-state index contributed by atoms with van der Waals surface area (Å²) in [6, 6.07) is 4.87. The lowest BCUT2D eigenvalue weighted by molar-refractivity contribution is -0.138. The largest absolute Gasteiger partial charge is 0.385 e. The Kier molecular flexibility index (Phi) is 11.4. The second-order valence-corrected chi connectivity index (χ2v) is 11.5. The summed E-state index contributed by atoms with van der Waals surface area (Å²) >= 11 is 0. The van der Waals surface area contributed by atoms with E-state index in [-0.39, 0.29) is 17.7 Å². The van der Waals surface area contributed by atoms with E-state index in [0.29, 0.717) is 56.3 Å². The summed E-state index contributed by atoms with van der Waals surface area (Å²) in [6.07, 6.45) is 10.5. The van der Waals surface area contributed by atoms with Crippen LogP contribution in [-0.2, 0) is 15.2 Å². The van der Waals surface area contributed by atoms with Gasteiger partial charge in [-0.15, -0.1) is 0 Å². The summed E-state index contributed by atoms with van der Waals surface area (Å²) in [5, 5.41) is 18.1. The summed E-state index contributed by atoms with van der Waals surface area (Å²) in [4.78, 5) is 26.7. The van der Waals surface area contributed by atoms with Crippen molar-refractivity contribution in [3.8, 4) is 0 Å². The molecular weight excluding hydrogens is 469 g/mol. The quantitative estimate of drug-likeness (QED) is 0.352. The van der Waals surface area contributed by atoms with Gasteiger partial charge in [-0.3, -0.25) is 9.59 Å². The van der Waals surface area contributed by atoms with E-state index in [9.17, 15) is 14.7 Å². The highest BCUT2D eigenvalue weighted by atomic mass is 19.1. The number of carbonyl (C=O) groups is 2. The van der Waals surface area contributed by atoms with E-state index in [0.717, 1.165) is 31.4 Å². The normalized spacial score (nSPS) is 21.3.